The molecule has 1 aromatic carbocycles. The van der Waals surface area contributed by atoms with Gasteiger partial charge in [-0.15, -0.1) is 11.3 Å². The number of hydrogen-bond donors (Lipinski definition) is 2. The van der Waals surface area contributed by atoms with Crippen molar-refractivity contribution in [3.05, 3.63) is 51.6 Å². The summed E-state index contributed by atoms with van der Waals surface area (Å²) in [7, 11) is 0. The summed E-state index contributed by atoms with van der Waals surface area (Å²) in [4.78, 5) is 16.1. The van der Waals surface area contributed by atoms with Gasteiger partial charge in [0.15, 0.2) is 4.47 Å². The summed E-state index contributed by atoms with van der Waals surface area (Å²) in [6.45, 7) is 0.646. The molecule has 3 N–H and O–H groups in total. The predicted octanol–water partition coefficient (Wildman–Crippen LogP) is 2.75. The average molecular weight is 336 g/mol. The highest BCUT2D eigenvalue weighted by atomic mass is 35.5. The van der Waals surface area contributed by atoms with Gasteiger partial charge in [0.1, 0.15) is 6.04 Å². The molecular weight excluding hydrogens is 322 g/mol. The molecule has 3 rings (SSSR count). The average Bonchev–Trinajstić information content (AvgIpc) is 3.04. The van der Waals surface area contributed by atoms with Crippen molar-refractivity contribution in [1.82, 2.24) is 9.55 Å². The quantitative estimate of drug-likeness (QED) is 0.751. The standard InChI is InChI=1S/C15H14ClN3O2S/c16-15-18-6-10(22-15)8-19-7-9(5-12(17)14(20)21)11-3-1-2-4-13(11)19/h1-4,6-7,12H,5,8,17H2,(H,20,21). The lowest BCUT2D eigenvalue weighted by atomic mass is 10.1. The molecule has 0 saturated heterocycles. The second-order valence-corrected chi connectivity index (χ2v) is 6.73. The van der Waals surface area contributed by atoms with E-state index in [4.69, 9.17) is 22.4 Å². The van der Waals surface area contributed by atoms with E-state index < -0.39 is 12.0 Å². The highest BCUT2D eigenvalue weighted by molar-refractivity contribution is 7.15. The lowest BCUT2D eigenvalue weighted by Crippen LogP contribution is -2.32. The Morgan fingerprint density at radius 3 is 2.91 bits per heavy atom. The molecule has 22 heavy (non-hydrogen) atoms. The molecule has 5 nitrogen and oxygen atoms in total. The fraction of sp³-hybridized carbons (Fsp3) is 0.200. The minimum absolute atomic E-state index is 0.298. The van der Waals surface area contributed by atoms with E-state index in [2.05, 4.69) is 9.55 Å². The maximum Gasteiger partial charge on any atom is 0.320 e. The molecule has 0 aliphatic heterocycles. The summed E-state index contributed by atoms with van der Waals surface area (Å²) in [6, 6.07) is 6.98. The topological polar surface area (TPSA) is 81.1 Å². The van der Waals surface area contributed by atoms with Crippen LogP contribution in [0.25, 0.3) is 10.9 Å². The van der Waals surface area contributed by atoms with Crippen molar-refractivity contribution in [3.8, 4) is 0 Å². The number of para-hydroxylation sites is 1. The van der Waals surface area contributed by atoms with Crippen LogP contribution >= 0.6 is 22.9 Å². The van der Waals surface area contributed by atoms with Crippen LogP contribution in [-0.4, -0.2) is 26.7 Å². The van der Waals surface area contributed by atoms with Gasteiger partial charge in [-0.2, -0.15) is 0 Å². The molecule has 0 spiro atoms. The van der Waals surface area contributed by atoms with E-state index in [0.717, 1.165) is 21.3 Å². The van der Waals surface area contributed by atoms with Crippen LogP contribution in [0.15, 0.2) is 36.7 Å². The SMILES string of the molecule is NC(Cc1cn(Cc2cnc(Cl)s2)c2ccccc12)C(=O)O. The van der Waals surface area contributed by atoms with Gasteiger partial charge < -0.3 is 15.4 Å². The number of benzene rings is 1. The molecule has 114 valence electrons. The molecule has 0 aliphatic carbocycles. The third-order valence-corrected chi connectivity index (χ3v) is 4.58. The van der Waals surface area contributed by atoms with E-state index in [1.807, 2.05) is 30.5 Å². The predicted molar refractivity (Wildman–Crippen MR) is 87.5 cm³/mol. The third-order valence-electron chi connectivity index (χ3n) is 3.48. The Balaban J connectivity index is 1.98. The van der Waals surface area contributed by atoms with E-state index in [-0.39, 0.29) is 0 Å². The number of hydrogen-bond acceptors (Lipinski definition) is 4. The van der Waals surface area contributed by atoms with E-state index in [0.29, 0.717) is 17.4 Å². The maximum absolute atomic E-state index is 11.0. The van der Waals surface area contributed by atoms with Crippen LogP contribution in [0.4, 0.5) is 0 Å². The van der Waals surface area contributed by atoms with E-state index in [1.165, 1.54) is 11.3 Å². The third kappa shape index (κ3) is 2.99. The first-order valence-electron chi connectivity index (χ1n) is 6.70. The number of nitrogens with zero attached hydrogens (tertiary/aromatic N) is 2. The number of carboxylic acid groups (broad SMARTS) is 1. The first-order valence-corrected chi connectivity index (χ1v) is 7.89. The molecular formula is C15H14ClN3O2S. The van der Waals surface area contributed by atoms with Crippen molar-refractivity contribution < 1.29 is 9.90 Å². The molecule has 1 atom stereocenters. The largest absolute Gasteiger partial charge is 0.480 e. The number of carboxylic acids is 1. The zero-order valence-corrected chi connectivity index (χ0v) is 13.1. The van der Waals surface area contributed by atoms with Crippen molar-refractivity contribution in [2.75, 3.05) is 0 Å². The van der Waals surface area contributed by atoms with Crippen LogP contribution in [0, 0.1) is 0 Å². The number of aliphatic carboxylic acids is 1. The minimum Gasteiger partial charge on any atom is -0.480 e. The van der Waals surface area contributed by atoms with Gasteiger partial charge in [0, 0.05) is 34.6 Å². The first kappa shape index (κ1) is 15.0. The fourth-order valence-electron chi connectivity index (χ4n) is 2.47. The molecule has 2 heterocycles. The van der Waals surface area contributed by atoms with Crippen LogP contribution in [0.3, 0.4) is 0 Å². The molecule has 0 saturated carbocycles. The highest BCUT2D eigenvalue weighted by Crippen LogP contribution is 2.25. The molecule has 0 bridgehead atoms. The monoisotopic (exact) mass is 335 g/mol. The Morgan fingerprint density at radius 1 is 1.45 bits per heavy atom. The van der Waals surface area contributed by atoms with Gasteiger partial charge in [-0.3, -0.25) is 4.79 Å². The summed E-state index contributed by atoms with van der Waals surface area (Å²) in [5.74, 6) is -0.994. The highest BCUT2D eigenvalue weighted by Gasteiger charge is 2.16. The van der Waals surface area contributed by atoms with Gasteiger partial charge in [-0.1, -0.05) is 29.8 Å². The van der Waals surface area contributed by atoms with Crippen LogP contribution in [0.1, 0.15) is 10.4 Å². The maximum atomic E-state index is 11.0. The first-order chi connectivity index (χ1) is 10.5. The molecule has 0 fully saturated rings. The molecule has 7 heteroatoms. The van der Waals surface area contributed by atoms with Crippen molar-refractivity contribution in [1.29, 1.82) is 0 Å². The van der Waals surface area contributed by atoms with Crippen LogP contribution < -0.4 is 5.73 Å². The lowest BCUT2D eigenvalue weighted by molar-refractivity contribution is -0.138. The smallest absolute Gasteiger partial charge is 0.320 e. The molecule has 0 amide bonds. The summed E-state index contributed by atoms with van der Waals surface area (Å²) >= 11 is 7.30. The van der Waals surface area contributed by atoms with Gasteiger partial charge in [0.05, 0.1) is 6.54 Å². The minimum atomic E-state index is -0.994. The van der Waals surface area contributed by atoms with Crippen molar-refractivity contribution in [3.63, 3.8) is 0 Å². The lowest BCUT2D eigenvalue weighted by Gasteiger charge is -2.04. The summed E-state index contributed by atoms with van der Waals surface area (Å²) in [5, 5.41) is 10.0. The van der Waals surface area contributed by atoms with Gasteiger partial charge in [-0.25, -0.2) is 4.98 Å². The Labute approximate surface area is 136 Å². The van der Waals surface area contributed by atoms with Gasteiger partial charge in [0.25, 0.3) is 0 Å². The Hall–Kier alpha value is -1.89. The van der Waals surface area contributed by atoms with Gasteiger partial charge in [0.2, 0.25) is 0 Å². The Kier molecular flexibility index (Phi) is 4.15. The number of nitrogens with two attached hydrogens (primary N) is 1. The molecule has 2 aromatic heterocycles. The summed E-state index contributed by atoms with van der Waals surface area (Å²) in [6.07, 6.45) is 4.01. The summed E-state index contributed by atoms with van der Waals surface area (Å²) < 4.78 is 2.59. The van der Waals surface area contributed by atoms with E-state index in [9.17, 15) is 4.79 Å². The van der Waals surface area contributed by atoms with Crippen molar-refractivity contribution in [2.45, 2.75) is 19.0 Å². The molecule has 3 aromatic rings. The zero-order valence-electron chi connectivity index (χ0n) is 11.6. The number of rotatable bonds is 5. The zero-order chi connectivity index (χ0) is 15.7. The van der Waals surface area contributed by atoms with Crippen molar-refractivity contribution in [2.24, 2.45) is 5.73 Å². The molecule has 0 aliphatic rings. The van der Waals surface area contributed by atoms with Gasteiger partial charge in [-0.05, 0) is 11.6 Å². The number of halogens is 1. The number of carbonyl (C=O) groups is 1. The van der Waals surface area contributed by atoms with E-state index in [1.54, 1.807) is 6.20 Å². The summed E-state index contributed by atoms with van der Waals surface area (Å²) in [5.41, 5.74) is 7.64. The second kappa shape index (κ2) is 6.08. The van der Waals surface area contributed by atoms with Crippen molar-refractivity contribution >= 4 is 39.8 Å². The van der Waals surface area contributed by atoms with E-state index >= 15 is 0 Å². The Morgan fingerprint density at radius 2 is 2.23 bits per heavy atom. The second-order valence-electron chi connectivity index (χ2n) is 5.03. The molecule has 1 unspecified atom stereocenters. The molecule has 0 radical (unpaired) electrons. The van der Waals surface area contributed by atoms with Gasteiger partial charge >= 0.3 is 5.97 Å². The number of thiazole rings is 1. The normalized spacial score (nSPS) is 12.6. The Bertz CT molecular complexity index is 827. The fourth-order valence-corrected chi connectivity index (χ4v) is 3.44. The van der Waals surface area contributed by atoms with Crippen LogP contribution in [-0.2, 0) is 17.8 Å². The number of fused-ring (bicyclic) bond motifs is 1. The van der Waals surface area contributed by atoms with Crippen LogP contribution in [0.5, 0.6) is 0 Å². The van der Waals surface area contributed by atoms with Crippen LogP contribution in [0.2, 0.25) is 4.47 Å². The number of aromatic nitrogens is 2.